The number of aromatic carboxylic acids is 1. The van der Waals surface area contributed by atoms with Crippen molar-refractivity contribution in [2.75, 3.05) is 7.11 Å². The summed E-state index contributed by atoms with van der Waals surface area (Å²) in [5, 5.41) is 18.5. The average molecular weight is 224 g/mol. The quantitative estimate of drug-likeness (QED) is 0.756. The minimum Gasteiger partial charge on any atom is -0.504 e. The first-order valence-electron chi connectivity index (χ1n) is 4.68. The summed E-state index contributed by atoms with van der Waals surface area (Å²) in [7, 11) is 1.31. The normalized spacial score (nSPS) is 9.88. The minimum absolute atomic E-state index is 0.0458. The Morgan fingerprint density at radius 2 is 2.19 bits per heavy atom. The highest BCUT2D eigenvalue weighted by molar-refractivity contribution is 5.95. The van der Waals surface area contributed by atoms with Crippen molar-refractivity contribution in [1.82, 2.24) is 0 Å². The van der Waals surface area contributed by atoms with Crippen LogP contribution in [0.2, 0.25) is 0 Å². The van der Waals surface area contributed by atoms with Crippen molar-refractivity contribution in [1.29, 1.82) is 0 Å². The lowest BCUT2D eigenvalue weighted by molar-refractivity contribution is 0.0693. The molecule has 0 bridgehead atoms. The highest BCUT2D eigenvalue weighted by Gasteiger charge is 2.20. The van der Waals surface area contributed by atoms with Gasteiger partial charge in [0.1, 0.15) is 11.8 Å². The van der Waals surface area contributed by atoms with E-state index in [0.29, 0.717) is 18.3 Å². The van der Waals surface area contributed by atoms with Gasteiger partial charge in [0.2, 0.25) is 0 Å². The van der Waals surface area contributed by atoms with Gasteiger partial charge in [-0.2, -0.15) is 0 Å². The van der Waals surface area contributed by atoms with E-state index in [-0.39, 0.29) is 16.9 Å². The third kappa shape index (κ3) is 1.84. The summed E-state index contributed by atoms with van der Waals surface area (Å²) in [6, 6.07) is 1.14. The molecule has 0 atom stereocenters. The molecule has 86 valence electrons. The number of aromatic hydroxyl groups is 1. The number of methoxy groups -OCH3 is 1. The first-order chi connectivity index (χ1) is 7.56. The van der Waals surface area contributed by atoms with Crippen molar-refractivity contribution < 1.29 is 24.5 Å². The number of hydrogen-bond acceptors (Lipinski definition) is 4. The third-order valence-corrected chi connectivity index (χ3v) is 2.31. The van der Waals surface area contributed by atoms with Crippen LogP contribution >= 0.6 is 0 Å². The molecule has 0 aromatic heterocycles. The topological polar surface area (TPSA) is 83.8 Å². The zero-order chi connectivity index (χ0) is 12.3. The zero-order valence-corrected chi connectivity index (χ0v) is 8.98. The molecule has 1 rings (SSSR count). The van der Waals surface area contributed by atoms with E-state index in [1.165, 1.54) is 7.11 Å². The molecule has 0 unspecified atom stereocenters. The number of ether oxygens (including phenoxy) is 1. The number of phenols is 1. The molecule has 0 aliphatic rings. The second kappa shape index (κ2) is 4.65. The summed E-state index contributed by atoms with van der Waals surface area (Å²) in [4.78, 5) is 21.6. The van der Waals surface area contributed by atoms with Gasteiger partial charge in [-0.3, -0.25) is 4.79 Å². The van der Waals surface area contributed by atoms with Crippen LogP contribution in [0.1, 0.15) is 33.2 Å². The van der Waals surface area contributed by atoms with E-state index >= 15 is 0 Å². The van der Waals surface area contributed by atoms with E-state index in [4.69, 9.17) is 9.84 Å². The second-order valence-electron chi connectivity index (χ2n) is 3.15. The Morgan fingerprint density at radius 3 is 2.56 bits per heavy atom. The van der Waals surface area contributed by atoms with E-state index in [1.54, 1.807) is 6.92 Å². The van der Waals surface area contributed by atoms with Gasteiger partial charge < -0.3 is 14.9 Å². The maximum absolute atomic E-state index is 10.8. The predicted octanol–water partition coefficient (Wildman–Crippen LogP) is 1.47. The van der Waals surface area contributed by atoms with Crippen molar-refractivity contribution in [2.45, 2.75) is 13.3 Å². The van der Waals surface area contributed by atoms with E-state index < -0.39 is 11.7 Å². The fourth-order valence-electron chi connectivity index (χ4n) is 1.56. The molecule has 0 radical (unpaired) electrons. The number of benzene rings is 1. The summed E-state index contributed by atoms with van der Waals surface area (Å²) in [5.74, 6) is -1.71. The molecule has 1 aromatic rings. The molecule has 1 aromatic carbocycles. The number of carboxylic acid groups (broad SMARTS) is 1. The average Bonchev–Trinajstić information content (AvgIpc) is 2.27. The SMILES string of the molecule is CCc1c(C=O)cc(C(=O)O)c(O)c1OC. The molecule has 0 fully saturated rings. The molecule has 2 N–H and O–H groups in total. The largest absolute Gasteiger partial charge is 0.504 e. The summed E-state index contributed by atoms with van der Waals surface area (Å²) >= 11 is 0. The molecule has 5 nitrogen and oxygen atoms in total. The lowest BCUT2D eigenvalue weighted by Gasteiger charge is -2.13. The Hall–Kier alpha value is -2.04. The van der Waals surface area contributed by atoms with Gasteiger partial charge in [-0.15, -0.1) is 0 Å². The molecule has 0 amide bonds. The number of hydrogen-bond donors (Lipinski definition) is 2. The maximum Gasteiger partial charge on any atom is 0.339 e. The van der Waals surface area contributed by atoms with Gasteiger partial charge >= 0.3 is 5.97 Å². The van der Waals surface area contributed by atoms with Crippen LogP contribution in [0.15, 0.2) is 6.07 Å². The Balaban J connectivity index is 3.60. The fraction of sp³-hybridized carbons (Fsp3) is 0.273. The van der Waals surface area contributed by atoms with Gasteiger partial charge in [0.15, 0.2) is 11.5 Å². The first-order valence-corrected chi connectivity index (χ1v) is 4.68. The molecule has 0 saturated carbocycles. The Labute approximate surface area is 92.3 Å². The Bertz CT molecular complexity index is 436. The van der Waals surface area contributed by atoms with Gasteiger partial charge in [0.25, 0.3) is 0 Å². The maximum atomic E-state index is 10.8. The van der Waals surface area contributed by atoms with Gasteiger partial charge in [-0.05, 0) is 12.5 Å². The molecule has 0 aliphatic carbocycles. The lowest BCUT2D eigenvalue weighted by atomic mass is 10.00. The monoisotopic (exact) mass is 224 g/mol. The van der Waals surface area contributed by atoms with Crippen LogP contribution in [0.3, 0.4) is 0 Å². The van der Waals surface area contributed by atoms with Crippen LogP contribution in [0.25, 0.3) is 0 Å². The molecular formula is C11H12O5. The lowest BCUT2D eigenvalue weighted by Crippen LogP contribution is -2.04. The summed E-state index contributed by atoms with van der Waals surface area (Å²) in [5.41, 5.74) is 0.380. The molecule has 5 heteroatoms. The minimum atomic E-state index is -1.30. The first kappa shape index (κ1) is 12.0. The smallest absolute Gasteiger partial charge is 0.339 e. The van der Waals surface area contributed by atoms with Crippen molar-refractivity contribution in [3.8, 4) is 11.5 Å². The molecule has 16 heavy (non-hydrogen) atoms. The van der Waals surface area contributed by atoms with Crippen LogP contribution in [0, 0.1) is 0 Å². The van der Waals surface area contributed by atoms with Gasteiger partial charge in [-0.1, -0.05) is 6.92 Å². The van der Waals surface area contributed by atoms with Crippen LogP contribution in [0.4, 0.5) is 0 Å². The highest BCUT2D eigenvalue weighted by Crippen LogP contribution is 2.36. The third-order valence-electron chi connectivity index (χ3n) is 2.31. The van der Waals surface area contributed by atoms with Crippen LogP contribution in [0.5, 0.6) is 11.5 Å². The number of aldehydes is 1. The van der Waals surface area contributed by atoms with Crippen LogP contribution in [-0.2, 0) is 6.42 Å². The predicted molar refractivity (Wildman–Crippen MR) is 56.4 cm³/mol. The van der Waals surface area contributed by atoms with Crippen LogP contribution < -0.4 is 4.74 Å². The van der Waals surface area contributed by atoms with Gasteiger partial charge in [-0.25, -0.2) is 4.79 Å². The van der Waals surface area contributed by atoms with E-state index in [1.807, 2.05) is 0 Å². The van der Waals surface area contributed by atoms with Gasteiger partial charge in [0.05, 0.1) is 7.11 Å². The number of carboxylic acids is 1. The van der Waals surface area contributed by atoms with Crippen LogP contribution in [-0.4, -0.2) is 29.6 Å². The molecule has 0 saturated heterocycles. The standard InChI is InChI=1S/C11H12O5/c1-3-7-6(5-12)4-8(11(14)15)9(13)10(7)16-2/h4-5,13H,3H2,1-2H3,(H,14,15). The fourth-order valence-corrected chi connectivity index (χ4v) is 1.56. The summed E-state index contributed by atoms with van der Waals surface area (Å²) < 4.78 is 4.93. The van der Waals surface area contributed by atoms with Crippen molar-refractivity contribution in [2.24, 2.45) is 0 Å². The van der Waals surface area contributed by atoms with Gasteiger partial charge in [0, 0.05) is 11.1 Å². The number of carbonyl (C=O) groups excluding carboxylic acids is 1. The highest BCUT2D eigenvalue weighted by atomic mass is 16.5. The summed E-state index contributed by atoms with van der Waals surface area (Å²) in [6.45, 7) is 1.78. The number of rotatable bonds is 4. The summed E-state index contributed by atoms with van der Waals surface area (Å²) in [6.07, 6.45) is 1.01. The Morgan fingerprint density at radius 1 is 1.56 bits per heavy atom. The molecule has 0 spiro atoms. The van der Waals surface area contributed by atoms with Crippen molar-refractivity contribution >= 4 is 12.3 Å². The molecule has 0 heterocycles. The Kier molecular flexibility index (Phi) is 3.50. The van der Waals surface area contributed by atoms with Crippen molar-refractivity contribution in [3.05, 3.63) is 22.8 Å². The number of carbonyl (C=O) groups is 2. The zero-order valence-electron chi connectivity index (χ0n) is 8.98. The van der Waals surface area contributed by atoms with E-state index in [0.717, 1.165) is 6.07 Å². The molecule has 0 aliphatic heterocycles. The van der Waals surface area contributed by atoms with E-state index in [9.17, 15) is 14.7 Å². The van der Waals surface area contributed by atoms with E-state index in [2.05, 4.69) is 0 Å². The molecular weight excluding hydrogens is 212 g/mol. The second-order valence-corrected chi connectivity index (χ2v) is 3.15. The van der Waals surface area contributed by atoms with Crippen molar-refractivity contribution in [3.63, 3.8) is 0 Å².